The summed E-state index contributed by atoms with van der Waals surface area (Å²) >= 11 is 1.79. The molecule has 3 aromatic rings. The summed E-state index contributed by atoms with van der Waals surface area (Å²) in [6.45, 7) is 3.00. The van der Waals surface area contributed by atoms with E-state index in [2.05, 4.69) is 21.1 Å². The molecule has 1 N–H and O–H groups in total. The van der Waals surface area contributed by atoms with E-state index in [4.69, 9.17) is 0 Å². The largest absolute Gasteiger partial charge is 0.325 e. The highest BCUT2D eigenvalue weighted by Crippen LogP contribution is 2.29. The molecule has 0 fully saturated rings. The average Bonchev–Trinajstić information content (AvgIpc) is 3.17. The van der Waals surface area contributed by atoms with Crippen molar-refractivity contribution in [2.24, 2.45) is 0 Å². The molecule has 2 heterocycles. The second-order valence-electron chi connectivity index (χ2n) is 5.85. The standard InChI is InChI=1S/C19H17N3OS/c1-13-3-2-4-15(11-13)18(23)20-16-7-5-14(6-8-16)17-12-22-9-10-24-19(22)21-17/h2-8,11-12H,9-10H2,1H3,(H,20,23). The minimum absolute atomic E-state index is 0.0937. The molecular formula is C19H17N3OS. The Labute approximate surface area is 144 Å². The number of rotatable bonds is 3. The monoisotopic (exact) mass is 335 g/mol. The van der Waals surface area contributed by atoms with E-state index in [1.54, 1.807) is 11.8 Å². The zero-order valence-electron chi connectivity index (χ0n) is 13.3. The van der Waals surface area contributed by atoms with Gasteiger partial charge in [0.15, 0.2) is 5.16 Å². The van der Waals surface area contributed by atoms with Crippen molar-refractivity contribution in [1.82, 2.24) is 9.55 Å². The van der Waals surface area contributed by atoms with E-state index >= 15 is 0 Å². The van der Waals surface area contributed by atoms with E-state index in [-0.39, 0.29) is 5.91 Å². The molecule has 0 aliphatic carbocycles. The molecule has 1 aromatic heterocycles. The van der Waals surface area contributed by atoms with Gasteiger partial charge in [0.05, 0.1) is 5.69 Å². The fraction of sp³-hybridized carbons (Fsp3) is 0.158. The highest BCUT2D eigenvalue weighted by molar-refractivity contribution is 7.99. The van der Waals surface area contributed by atoms with Crippen molar-refractivity contribution >= 4 is 23.4 Å². The molecule has 0 bridgehead atoms. The van der Waals surface area contributed by atoms with Gasteiger partial charge in [-0.15, -0.1) is 0 Å². The fourth-order valence-electron chi connectivity index (χ4n) is 2.76. The van der Waals surface area contributed by atoms with Crippen molar-refractivity contribution < 1.29 is 4.79 Å². The van der Waals surface area contributed by atoms with E-state index < -0.39 is 0 Å². The summed E-state index contributed by atoms with van der Waals surface area (Å²) in [4.78, 5) is 16.9. The number of carbonyl (C=O) groups excluding carboxylic acids is 1. The van der Waals surface area contributed by atoms with E-state index in [1.807, 2.05) is 55.5 Å². The van der Waals surface area contributed by atoms with Crippen molar-refractivity contribution in [2.75, 3.05) is 11.1 Å². The molecule has 1 aliphatic rings. The topological polar surface area (TPSA) is 46.9 Å². The summed E-state index contributed by atoms with van der Waals surface area (Å²) in [5.41, 5.74) is 4.57. The number of aromatic nitrogens is 2. The van der Waals surface area contributed by atoms with E-state index in [1.165, 1.54) is 0 Å². The number of nitrogens with one attached hydrogen (secondary N) is 1. The molecule has 4 nitrogen and oxygen atoms in total. The smallest absolute Gasteiger partial charge is 0.255 e. The van der Waals surface area contributed by atoms with Gasteiger partial charge in [0.25, 0.3) is 5.91 Å². The highest BCUT2D eigenvalue weighted by atomic mass is 32.2. The van der Waals surface area contributed by atoms with Crippen LogP contribution in [0.4, 0.5) is 5.69 Å². The number of aryl methyl sites for hydroxylation is 2. The Balaban J connectivity index is 1.50. The van der Waals surface area contributed by atoms with Crippen LogP contribution in [0.25, 0.3) is 11.3 Å². The van der Waals surface area contributed by atoms with Crippen LogP contribution < -0.4 is 5.32 Å². The number of amides is 1. The Morgan fingerprint density at radius 1 is 1.21 bits per heavy atom. The summed E-state index contributed by atoms with van der Waals surface area (Å²) in [7, 11) is 0. The number of fused-ring (bicyclic) bond motifs is 1. The molecule has 2 aromatic carbocycles. The van der Waals surface area contributed by atoms with Crippen LogP contribution in [0.15, 0.2) is 59.9 Å². The predicted molar refractivity (Wildman–Crippen MR) is 97.5 cm³/mol. The van der Waals surface area contributed by atoms with Gasteiger partial charge in [-0.05, 0) is 31.2 Å². The molecule has 4 rings (SSSR count). The normalized spacial score (nSPS) is 12.9. The lowest BCUT2D eigenvalue weighted by Gasteiger charge is -2.06. The number of carbonyl (C=O) groups is 1. The van der Waals surface area contributed by atoms with Gasteiger partial charge in [-0.25, -0.2) is 4.98 Å². The maximum absolute atomic E-state index is 12.3. The Bertz CT molecular complexity index is 878. The predicted octanol–water partition coefficient (Wildman–Crippen LogP) is 4.22. The first kappa shape index (κ1) is 15.0. The summed E-state index contributed by atoms with van der Waals surface area (Å²) < 4.78 is 2.19. The maximum Gasteiger partial charge on any atom is 0.255 e. The number of nitrogens with zero attached hydrogens (tertiary/aromatic N) is 2. The first-order valence-electron chi connectivity index (χ1n) is 7.87. The van der Waals surface area contributed by atoms with Crippen LogP contribution in [-0.2, 0) is 6.54 Å². The molecule has 0 saturated heterocycles. The number of imidazole rings is 1. The molecule has 0 unspecified atom stereocenters. The zero-order valence-corrected chi connectivity index (χ0v) is 14.1. The molecule has 1 aliphatic heterocycles. The molecule has 0 radical (unpaired) electrons. The summed E-state index contributed by atoms with van der Waals surface area (Å²) in [5, 5.41) is 4.02. The molecule has 0 saturated carbocycles. The zero-order chi connectivity index (χ0) is 16.5. The molecule has 24 heavy (non-hydrogen) atoms. The fourth-order valence-corrected chi connectivity index (χ4v) is 3.71. The van der Waals surface area contributed by atoms with Gasteiger partial charge in [-0.1, -0.05) is 41.6 Å². The highest BCUT2D eigenvalue weighted by Gasteiger charge is 2.15. The van der Waals surface area contributed by atoms with Gasteiger partial charge in [-0.3, -0.25) is 4.79 Å². The van der Waals surface area contributed by atoms with Crippen LogP contribution in [0.3, 0.4) is 0 Å². The lowest BCUT2D eigenvalue weighted by Crippen LogP contribution is -2.11. The van der Waals surface area contributed by atoms with Crippen molar-refractivity contribution in [3.63, 3.8) is 0 Å². The molecule has 0 atom stereocenters. The van der Waals surface area contributed by atoms with Gasteiger partial charge in [0, 0.05) is 35.3 Å². The van der Waals surface area contributed by atoms with Crippen LogP contribution in [0.1, 0.15) is 15.9 Å². The number of anilines is 1. The van der Waals surface area contributed by atoms with Crippen molar-refractivity contribution in [3.8, 4) is 11.3 Å². The SMILES string of the molecule is Cc1cccc(C(=O)Nc2ccc(-c3cn4c(n3)SCC4)cc2)c1. The Morgan fingerprint density at radius 2 is 2.04 bits per heavy atom. The van der Waals surface area contributed by atoms with Crippen LogP contribution in [0, 0.1) is 6.92 Å². The third kappa shape index (κ3) is 2.95. The number of thioether (sulfide) groups is 1. The Hall–Kier alpha value is -2.53. The van der Waals surface area contributed by atoms with Gasteiger partial charge in [0.2, 0.25) is 0 Å². The molecule has 120 valence electrons. The summed E-state index contributed by atoms with van der Waals surface area (Å²) in [6.07, 6.45) is 2.09. The summed E-state index contributed by atoms with van der Waals surface area (Å²) in [5.74, 6) is 1.01. The van der Waals surface area contributed by atoms with E-state index in [0.717, 1.165) is 40.0 Å². The Kier molecular flexibility index (Phi) is 3.86. The maximum atomic E-state index is 12.3. The lowest BCUT2D eigenvalue weighted by molar-refractivity contribution is 0.102. The number of hydrogen-bond donors (Lipinski definition) is 1. The van der Waals surface area contributed by atoms with Gasteiger partial charge in [-0.2, -0.15) is 0 Å². The minimum atomic E-state index is -0.0937. The summed E-state index contributed by atoms with van der Waals surface area (Å²) in [6, 6.07) is 15.4. The second kappa shape index (κ2) is 6.17. The van der Waals surface area contributed by atoms with Crippen LogP contribution in [-0.4, -0.2) is 21.2 Å². The second-order valence-corrected chi connectivity index (χ2v) is 6.91. The number of benzene rings is 2. The lowest BCUT2D eigenvalue weighted by atomic mass is 10.1. The van der Waals surface area contributed by atoms with Crippen molar-refractivity contribution in [1.29, 1.82) is 0 Å². The first-order chi connectivity index (χ1) is 11.7. The van der Waals surface area contributed by atoms with Crippen LogP contribution >= 0.6 is 11.8 Å². The number of hydrogen-bond acceptors (Lipinski definition) is 3. The van der Waals surface area contributed by atoms with Gasteiger partial charge >= 0.3 is 0 Å². The van der Waals surface area contributed by atoms with Crippen LogP contribution in [0.2, 0.25) is 0 Å². The van der Waals surface area contributed by atoms with Crippen molar-refractivity contribution in [2.45, 2.75) is 18.6 Å². The van der Waals surface area contributed by atoms with Gasteiger partial charge in [0.1, 0.15) is 0 Å². The molecule has 1 amide bonds. The van der Waals surface area contributed by atoms with Gasteiger partial charge < -0.3 is 9.88 Å². The average molecular weight is 335 g/mol. The molecule has 0 spiro atoms. The van der Waals surface area contributed by atoms with Crippen molar-refractivity contribution in [3.05, 3.63) is 65.9 Å². The Morgan fingerprint density at radius 3 is 2.79 bits per heavy atom. The molecule has 5 heteroatoms. The first-order valence-corrected chi connectivity index (χ1v) is 8.86. The quantitative estimate of drug-likeness (QED) is 0.780. The molecular weight excluding hydrogens is 318 g/mol. The van der Waals surface area contributed by atoms with E-state index in [0.29, 0.717) is 5.56 Å². The van der Waals surface area contributed by atoms with Crippen LogP contribution in [0.5, 0.6) is 0 Å². The van der Waals surface area contributed by atoms with E-state index in [9.17, 15) is 4.79 Å². The third-order valence-corrected chi connectivity index (χ3v) is 4.99. The third-order valence-electron chi connectivity index (χ3n) is 4.02. The minimum Gasteiger partial charge on any atom is -0.325 e.